The molecule has 0 aliphatic heterocycles. The molecule has 0 saturated heterocycles. The Balaban J connectivity index is 2.49. The summed E-state index contributed by atoms with van der Waals surface area (Å²) >= 11 is 12.1. The van der Waals surface area contributed by atoms with Crippen LogP contribution in [-0.4, -0.2) is 7.11 Å². The first kappa shape index (κ1) is 10.1. The molecule has 2 nitrogen and oxygen atoms in total. The summed E-state index contributed by atoms with van der Waals surface area (Å²) in [5.41, 5.74) is 6.71. The van der Waals surface area contributed by atoms with E-state index in [1.165, 1.54) is 0 Å². The summed E-state index contributed by atoms with van der Waals surface area (Å²) in [5.74, 6) is 0.588. The first-order valence-electron chi connectivity index (χ1n) is 4.40. The van der Waals surface area contributed by atoms with Gasteiger partial charge >= 0.3 is 0 Å². The van der Waals surface area contributed by atoms with Crippen LogP contribution in [0.25, 0.3) is 0 Å². The van der Waals surface area contributed by atoms with Gasteiger partial charge in [-0.25, -0.2) is 0 Å². The van der Waals surface area contributed by atoms with E-state index >= 15 is 0 Å². The molecule has 0 radical (unpaired) electrons. The van der Waals surface area contributed by atoms with E-state index in [1.807, 2.05) is 6.07 Å². The number of hydrogen-bond donors (Lipinski definition) is 1. The molecule has 2 N–H and O–H groups in total. The molecule has 1 aromatic carbocycles. The minimum absolute atomic E-state index is 0.257. The van der Waals surface area contributed by atoms with Crippen molar-refractivity contribution in [2.75, 3.05) is 7.11 Å². The molecule has 2 rings (SSSR count). The van der Waals surface area contributed by atoms with E-state index in [2.05, 4.69) is 0 Å². The third-order valence-electron chi connectivity index (χ3n) is 2.59. The SMILES string of the molecule is COc1ccc(C2(N)CC2)c(Cl)c1Cl. The van der Waals surface area contributed by atoms with Gasteiger partial charge in [-0.15, -0.1) is 0 Å². The van der Waals surface area contributed by atoms with Crippen LogP contribution < -0.4 is 10.5 Å². The number of rotatable bonds is 2. The molecule has 0 atom stereocenters. The summed E-state index contributed by atoms with van der Waals surface area (Å²) in [4.78, 5) is 0. The molecule has 1 aromatic rings. The Labute approximate surface area is 92.9 Å². The third kappa shape index (κ3) is 1.48. The average Bonchev–Trinajstić information content (AvgIpc) is 2.89. The zero-order chi connectivity index (χ0) is 10.3. The molecule has 0 aromatic heterocycles. The van der Waals surface area contributed by atoms with Crippen molar-refractivity contribution in [1.82, 2.24) is 0 Å². The molecule has 1 saturated carbocycles. The Bertz CT molecular complexity index is 375. The predicted octanol–water partition coefficient (Wildman–Crippen LogP) is 2.95. The second kappa shape index (κ2) is 3.30. The van der Waals surface area contributed by atoms with Gasteiger partial charge in [-0.1, -0.05) is 29.3 Å². The highest BCUT2D eigenvalue weighted by molar-refractivity contribution is 6.43. The zero-order valence-corrected chi connectivity index (χ0v) is 9.32. The van der Waals surface area contributed by atoms with Crippen molar-refractivity contribution in [3.63, 3.8) is 0 Å². The monoisotopic (exact) mass is 231 g/mol. The van der Waals surface area contributed by atoms with Crippen LogP contribution in [0.4, 0.5) is 0 Å². The van der Waals surface area contributed by atoms with Crippen LogP contribution in [0.15, 0.2) is 12.1 Å². The van der Waals surface area contributed by atoms with Crippen molar-refractivity contribution in [2.24, 2.45) is 5.73 Å². The molecule has 0 amide bonds. The lowest BCUT2D eigenvalue weighted by atomic mass is 10.1. The summed E-state index contributed by atoms with van der Waals surface area (Å²) in [6, 6.07) is 3.69. The fourth-order valence-corrected chi connectivity index (χ4v) is 2.06. The second-order valence-corrected chi connectivity index (χ2v) is 4.36. The van der Waals surface area contributed by atoms with Gasteiger partial charge in [0, 0.05) is 5.54 Å². The van der Waals surface area contributed by atoms with Crippen molar-refractivity contribution in [1.29, 1.82) is 0 Å². The molecular weight excluding hydrogens is 221 g/mol. The maximum atomic E-state index is 6.11. The Hall–Kier alpha value is -0.440. The molecule has 0 unspecified atom stereocenters. The van der Waals surface area contributed by atoms with Crippen LogP contribution in [0.5, 0.6) is 5.75 Å². The molecule has 1 aliphatic carbocycles. The van der Waals surface area contributed by atoms with Crippen LogP contribution in [0.2, 0.25) is 10.0 Å². The zero-order valence-electron chi connectivity index (χ0n) is 7.81. The van der Waals surface area contributed by atoms with E-state index in [-0.39, 0.29) is 5.54 Å². The number of halogens is 2. The van der Waals surface area contributed by atoms with Gasteiger partial charge < -0.3 is 10.5 Å². The lowest BCUT2D eigenvalue weighted by Crippen LogP contribution is -2.19. The molecule has 0 spiro atoms. The molecule has 76 valence electrons. The van der Waals surface area contributed by atoms with Gasteiger partial charge in [-0.2, -0.15) is 0 Å². The maximum Gasteiger partial charge on any atom is 0.139 e. The van der Waals surface area contributed by atoms with Gasteiger partial charge in [0.05, 0.1) is 12.1 Å². The maximum absolute atomic E-state index is 6.11. The van der Waals surface area contributed by atoms with E-state index in [1.54, 1.807) is 13.2 Å². The highest BCUT2D eigenvalue weighted by atomic mass is 35.5. The summed E-state index contributed by atoms with van der Waals surface area (Å²) in [5, 5.41) is 0.967. The van der Waals surface area contributed by atoms with E-state index in [9.17, 15) is 0 Å². The van der Waals surface area contributed by atoms with Crippen LogP contribution in [0, 0.1) is 0 Å². The molecule has 1 fully saturated rings. The topological polar surface area (TPSA) is 35.2 Å². The minimum Gasteiger partial charge on any atom is -0.495 e. The van der Waals surface area contributed by atoms with Crippen molar-refractivity contribution in [3.05, 3.63) is 27.7 Å². The fourth-order valence-electron chi connectivity index (χ4n) is 1.48. The van der Waals surface area contributed by atoms with Crippen LogP contribution in [-0.2, 0) is 5.54 Å². The molecule has 0 bridgehead atoms. The highest BCUT2D eigenvalue weighted by Gasteiger charge is 2.42. The number of benzene rings is 1. The quantitative estimate of drug-likeness (QED) is 0.850. The van der Waals surface area contributed by atoms with Crippen molar-refractivity contribution in [3.8, 4) is 5.75 Å². The van der Waals surface area contributed by atoms with E-state index in [4.69, 9.17) is 33.7 Å². The predicted molar refractivity (Wildman–Crippen MR) is 58.1 cm³/mol. The van der Waals surface area contributed by atoms with Gasteiger partial charge in [-0.3, -0.25) is 0 Å². The average molecular weight is 232 g/mol. The minimum atomic E-state index is -0.257. The molecule has 0 heterocycles. The Morgan fingerprint density at radius 3 is 2.43 bits per heavy atom. The number of hydrogen-bond acceptors (Lipinski definition) is 2. The Morgan fingerprint density at radius 2 is 1.93 bits per heavy atom. The molecule has 1 aliphatic rings. The first-order chi connectivity index (χ1) is 6.58. The molecule has 14 heavy (non-hydrogen) atoms. The Morgan fingerprint density at radius 1 is 1.29 bits per heavy atom. The van der Waals surface area contributed by atoms with Gasteiger partial charge in [-0.05, 0) is 24.5 Å². The van der Waals surface area contributed by atoms with Crippen molar-refractivity contribution >= 4 is 23.2 Å². The number of nitrogens with two attached hydrogens (primary N) is 1. The van der Waals surface area contributed by atoms with Crippen LogP contribution in [0.3, 0.4) is 0 Å². The van der Waals surface area contributed by atoms with Crippen LogP contribution >= 0.6 is 23.2 Å². The van der Waals surface area contributed by atoms with Gasteiger partial charge in [0.25, 0.3) is 0 Å². The largest absolute Gasteiger partial charge is 0.495 e. The fraction of sp³-hybridized carbons (Fsp3) is 0.400. The summed E-state index contributed by atoms with van der Waals surface area (Å²) in [7, 11) is 1.56. The summed E-state index contributed by atoms with van der Waals surface area (Å²) in [6.45, 7) is 0. The molecule has 4 heteroatoms. The lowest BCUT2D eigenvalue weighted by Gasteiger charge is -2.14. The molecular formula is C10H11Cl2NO. The lowest BCUT2D eigenvalue weighted by molar-refractivity contribution is 0.414. The van der Waals surface area contributed by atoms with E-state index in [0.717, 1.165) is 18.4 Å². The van der Waals surface area contributed by atoms with Gasteiger partial charge in [0.2, 0.25) is 0 Å². The highest BCUT2D eigenvalue weighted by Crippen LogP contribution is 2.48. The number of ether oxygens (including phenoxy) is 1. The van der Waals surface area contributed by atoms with Crippen molar-refractivity contribution < 1.29 is 4.74 Å². The van der Waals surface area contributed by atoms with E-state index in [0.29, 0.717) is 15.8 Å². The van der Waals surface area contributed by atoms with Crippen molar-refractivity contribution in [2.45, 2.75) is 18.4 Å². The normalized spacial score (nSPS) is 18.0. The summed E-state index contributed by atoms with van der Waals surface area (Å²) < 4.78 is 5.06. The van der Waals surface area contributed by atoms with E-state index < -0.39 is 0 Å². The Kier molecular flexibility index (Phi) is 2.38. The smallest absolute Gasteiger partial charge is 0.139 e. The summed E-state index contributed by atoms with van der Waals surface area (Å²) in [6.07, 6.45) is 1.94. The van der Waals surface area contributed by atoms with Gasteiger partial charge in [0.1, 0.15) is 10.8 Å². The third-order valence-corrected chi connectivity index (χ3v) is 3.46. The van der Waals surface area contributed by atoms with Crippen LogP contribution in [0.1, 0.15) is 18.4 Å². The second-order valence-electron chi connectivity index (χ2n) is 3.60. The standard InChI is InChI=1S/C10H11Cl2NO/c1-14-7-3-2-6(8(11)9(7)12)10(13)4-5-10/h2-3H,4-5,13H2,1H3. The number of methoxy groups -OCH3 is 1. The van der Waals surface area contributed by atoms with Gasteiger partial charge in [0.15, 0.2) is 0 Å². The first-order valence-corrected chi connectivity index (χ1v) is 5.15.